The number of rotatable bonds is 0. The SMILES string of the molecule is C[C@@H]1COc2c(sc3ccc4nc(C#CC5CCN(C(=O)C(=O)O)CC5)ccc4c23)C(=O)N1. The molecule has 2 aliphatic heterocycles. The highest BCUT2D eigenvalue weighted by Crippen LogP contribution is 2.42. The van der Waals surface area contributed by atoms with Gasteiger partial charge in [0.05, 0.1) is 11.6 Å². The first-order valence-corrected chi connectivity index (χ1v) is 11.6. The molecule has 3 aromatic rings. The van der Waals surface area contributed by atoms with E-state index in [0.717, 1.165) is 21.0 Å². The molecule has 33 heavy (non-hydrogen) atoms. The van der Waals surface area contributed by atoms with E-state index in [9.17, 15) is 14.4 Å². The number of aromatic nitrogens is 1. The molecule has 1 fully saturated rings. The van der Waals surface area contributed by atoms with E-state index in [2.05, 4.69) is 17.2 Å². The van der Waals surface area contributed by atoms with Crippen molar-refractivity contribution in [1.29, 1.82) is 0 Å². The zero-order valence-electron chi connectivity index (χ0n) is 17.9. The molecule has 0 radical (unpaired) electrons. The highest BCUT2D eigenvalue weighted by atomic mass is 32.1. The molecule has 8 nitrogen and oxygen atoms in total. The number of carbonyl (C=O) groups is 3. The van der Waals surface area contributed by atoms with Gasteiger partial charge < -0.3 is 20.1 Å². The van der Waals surface area contributed by atoms with Crippen molar-refractivity contribution in [3.63, 3.8) is 0 Å². The first-order chi connectivity index (χ1) is 15.9. The summed E-state index contributed by atoms with van der Waals surface area (Å²) < 4.78 is 6.97. The van der Waals surface area contributed by atoms with Gasteiger partial charge in [0.1, 0.15) is 17.2 Å². The fourth-order valence-corrected chi connectivity index (χ4v) is 5.27. The smallest absolute Gasteiger partial charge is 0.394 e. The number of piperidine rings is 1. The van der Waals surface area contributed by atoms with Crippen LogP contribution in [0.2, 0.25) is 0 Å². The van der Waals surface area contributed by atoms with Crippen molar-refractivity contribution in [2.24, 2.45) is 5.92 Å². The van der Waals surface area contributed by atoms with Crippen LogP contribution in [-0.4, -0.2) is 58.5 Å². The first kappa shape index (κ1) is 21.2. The summed E-state index contributed by atoms with van der Waals surface area (Å²) in [6.45, 7) is 3.11. The molecule has 2 amide bonds. The minimum Gasteiger partial charge on any atom is -0.489 e. The van der Waals surface area contributed by atoms with Gasteiger partial charge in [0.15, 0.2) is 5.75 Å². The van der Waals surface area contributed by atoms with E-state index in [-0.39, 0.29) is 17.9 Å². The molecule has 168 valence electrons. The zero-order valence-corrected chi connectivity index (χ0v) is 18.7. The van der Waals surface area contributed by atoms with Crippen LogP contribution in [0.5, 0.6) is 5.75 Å². The number of carboxylic acid groups (broad SMARTS) is 1. The van der Waals surface area contributed by atoms with Crippen LogP contribution in [0.3, 0.4) is 0 Å². The summed E-state index contributed by atoms with van der Waals surface area (Å²) in [5, 5.41) is 13.6. The Morgan fingerprint density at radius 3 is 2.79 bits per heavy atom. The molecule has 0 saturated carbocycles. The third-order valence-corrected chi connectivity index (χ3v) is 7.04. The number of carbonyl (C=O) groups excluding carboxylic acids is 2. The Morgan fingerprint density at radius 2 is 2.03 bits per heavy atom. The number of hydrogen-bond acceptors (Lipinski definition) is 6. The summed E-state index contributed by atoms with van der Waals surface area (Å²) in [6, 6.07) is 7.65. The standard InChI is InChI=1S/C24H21N3O5S/c1-13-12-32-20-19-16-5-4-15(3-2-14-8-10-27(11-9-14)23(29)24(30)31)26-17(16)6-7-18(19)33-21(20)22(28)25-13/h4-7,13-14H,8-12H2,1H3,(H,25,28)(H,30,31)/t13-/m1/s1. The Bertz CT molecular complexity index is 1360. The minimum atomic E-state index is -1.42. The molecule has 1 aromatic carbocycles. The third kappa shape index (κ3) is 3.98. The lowest BCUT2D eigenvalue weighted by molar-refractivity contribution is -0.156. The Balaban J connectivity index is 1.40. The van der Waals surface area contributed by atoms with Crippen LogP contribution < -0.4 is 10.1 Å². The molecular formula is C24H21N3O5S. The molecule has 1 atom stereocenters. The fraction of sp³-hybridized carbons (Fsp3) is 0.333. The van der Waals surface area contributed by atoms with E-state index in [1.807, 2.05) is 31.2 Å². The molecule has 2 aromatic heterocycles. The van der Waals surface area contributed by atoms with Gasteiger partial charge in [-0.15, -0.1) is 11.3 Å². The maximum Gasteiger partial charge on any atom is 0.394 e. The van der Waals surface area contributed by atoms with Crippen LogP contribution in [0.4, 0.5) is 0 Å². The largest absolute Gasteiger partial charge is 0.489 e. The quantitative estimate of drug-likeness (QED) is 0.392. The molecule has 2 aliphatic rings. The second-order valence-corrected chi connectivity index (χ2v) is 9.34. The Kier molecular flexibility index (Phi) is 5.38. The van der Waals surface area contributed by atoms with Crippen molar-refractivity contribution in [3.8, 4) is 17.6 Å². The maximum atomic E-state index is 12.5. The lowest BCUT2D eigenvalue weighted by atomic mass is 9.97. The minimum absolute atomic E-state index is 0.0590. The van der Waals surface area contributed by atoms with Gasteiger partial charge in [-0.25, -0.2) is 9.78 Å². The van der Waals surface area contributed by atoms with Crippen LogP contribution in [0.15, 0.2) is 24.3 Å². The molecule has 0 aliphatic carbocycles. The lowest BCUT2D eigenvalue weighted by Crippen LogP contribution is -2.41. The summed E-state index contributed by atoms with van der Waals surface area (Å²) in [4.78, 5) is 41.6. The molecular weight excluding hydrogens is 442 g/mol. The number of pyridine rings is 1. The summed E-state index contributed by atoms with van der Waals surface area (Å²) >= 11 is 1.42. The van der Waals surface area contributed by atoms with E-state index in [4.69, 9.17) is 14.8 Å². The number of aliphatic carboxylic acids is 1. The van der Waals surface area contributed by atoms with Gasteiger partial charge in [0.25, 0.3) is 5.91 Å². The van der Waals surface area contributed by atoms with Crippen LogP contribution in [0, 0.1) is 17.8 Å². The lowest BCUT2D eigenvalue weighted by Gasteiger charge is -2.28. The average Bonchev–Trinajstić information content (AvgIpc) is 3.13. The molecule has 1 saturated heterocycles. The molecule has 2 N–H and O–H groups in total. The Hall–Kier alpha value is -3.64. The maximum absolute atomic E-state index is 12.5. The van der Waals surface area contributed by atoms with Gasteiger partial charge in [-0.05, 0) is 50.0 Å². The summed E-state index contributed by atoms with van der Waals surface area (Å²) in [6.07, 6.45) is 1.28. The number of ether oxygens (including phenoxy) is 1. The number of carboxylic acids is 1. The fourth-order valence-electron chi connectivity index (χ4n) is 4.21. The van der Waals surface area contributed by atoms with Gasteiger partial charge >= 0.3 is 11.9 Å². The summed E-state index contributed by atoms with van der Waals surface area (Å²) in [5.74, 6) is 4.66. The monoisotopic (exact) mass is 463 g/mol. The molecule has 4 heterocycles. The predicted octanol–water partition coefficient (Wildman–Crippen LogP) is 2.63. The first-order valence-electron chi connectivity index (χ1n) is 10.7. The van der Waals surface area contributed by atoms with E-state index in [0.29, 0.717) is 48.9 Å². The van der Waals surface area contributed by atoms with E-state index < -0.39 is 11.9 Å². The van der Waals surface area contributed by atoms with Gasteiger partial charge in [0, 0.05) is 34.5 Å². The number of benzene rings is 1. The highest BCUT2D eigenvalue weighted by molar-refractivity contribution is 7.21. The molecule has 9 heteroatoms. The number of hydrogen-bond donors (Lipinski definition) is 2. The topological polar surface area (TPSA) is 109 Å². The van der Waals surface area contributed by atoms with Crippen molar-refractivity contribution in [1.82, 2.24) is 15.2 Å². The van der Waals surface area contributed by atoms with E-state index in [1.165, 1.54) is 16.2 Å². The Morgan fingerprint density at radius 1 is 1.24 bits per heavy atom. The number of thiophene rings is 1. The van der Waals surface area contributed by atoms with Crippen molar-refractivity contribution in [2.75, 3.05) is 19.7 Å². The highest BCUT2D eigenvalue weighted by Gasteiger charge is 2.27. The van der Waals surface area contributed by atoms with Crippen molar-refractivity contribution < 1.29 is 24.2 Å². The number of nitrogens with zero attached hydrogens (tertiary/aromatic N) is 2. The zero-order chi connectivity index (χ0) is 23.1. The second kappa shape index (κ2) is 8.37. The summed E-state index contributed by atoms with van der Waals surface area (Å²) in [5.41, 5.74) is 1.41. The number of likely N-dealkylation sites (tertiary alicyclic amines) is 1. The van der Waals surface area contributed by atoms with Gasteiger partial charge in [-0.3, -0.25) is 9.59 Å². The second-order valence-electron chi connectivity index (χ2n) is 8.29. The van der Waals surface area contributed by atoms with Gasteiger partial charge in [-0.1, -0.05) is 5.92 Å². The van der Waals surface area contributed by atoms with Crippen LogP contribution in [0.25, 0.3) is 21.0 Å². The normalized spacial score (nSPS) is 18.6. The average molecular weight is 464 g/mol. The molecule has 0 bridgehead atoms. The predicted molar refractivity (Wildman–Crippen MR) is 123 cm³/mol. The Labute approximate surface area is 193 Å². The third-order valence-electron chi connectivity index (χ3n) is 5.91. The van der Waals surface area contributed by atoms with Crippen LogP contribution in [0.1, 0.15) is 35.1 Å². The van der Waals surface area contributed by atoms with Gasteiger partial charge in [-0.2, -0.15) is 0 Å². The molecule has 0 unspecified atom stereocenters. The molecule has 5 rings (SSSR count). The van der Waals surface area contributed by atoms with Crippen molar-refractivity contribution in [3.05, 3.63) is 34.8 Å². The van der Waals surface area contributed by atoms with Crippen LogP contribution in [-0.2, 0) is 9.59 Å². The summed E-state index contributed by atoms with van der Waals surface area (Å²) in [7, 11) is 0. The van der Waals surface area contributed by atoms with Crippen molar-refractivity contribution in [2.45, 2.75) is 25.8 Å². The van der Waals surface area contributed by atoms with Crippen LogP contribution >= 0.6 is 11.3 Å². The van der Waals surface area contributed by atoms with E-state index >= 15 is 0 Å². The van der Waals surface area contributed by atoms with Crippen molar-refractivity contribution >= 4 is 50.1 Å². The number of amides is 2. The number of fused-ring (bicyclic) bond motifs is 5. The molecule has 0 spiro atoms. The number of nitrogens with one attached hydrogen (secondary N) is 1. The van der Waals surface area contributed by atoms with E-state index in [1.54, 1.807) is 0 Å². The van der Waals surface area contributed by atoms with Gasteiger partial charge in [0.2, 0.25) is 0 Å².